The zero-order valence-electron chi connectivity index (χ0n) is 17.8. The minimum absolute atomic E-state index is 0.190. The summed E-state index contributed by atoms with van der Waals surface area (Å²) in [6.07, 6.45) is 5.22. The van der Waals surface area contributed by atoms with Gasteiger partial charge in [0.25, 0.3) is 0 Å². The molecule has 2 aromatic carbocycles. The van der Waals surface area contributed by atoms with Crippen molar-refractivity contribution in [1.82, 2.24) is 24.8 Å². The number of hydrogen-bond donors (Lipinski definition) is 1. The first kappa shape index (κ1) is 21.0. The highest BCUT2D eigenvalue weighted by Crippen LogP contribution is 2.31. The number of halogens is 2. The maximum Gasteiger partial charge on any atom is 0.164 e. The molecule has 4 aromatic rings. The molecule has 0 spiro atoms. The van der Waals surface area contributed by atoms with E-state index in [9.17, 15) is 4.39 Å². The topological polar surface area (TPSA) is 55.6 Å². The van der Waals surface area contributed by atoms with Crippen molar-refractivity contribution >= 4 is 22.8 Å². The Labute approximate surface area is 191 Å². The quantitative estimate of drug-likeness (QED) is 0.446. The van der Waals surface area contributed by atoms with Crippen LogP contribution in [0.5, 0.6) is 0 Å². The van der Waals surface area contributed by atoms with Crippen LogP contribution in [0.3, 0.4) is 0 Å². The molecule has 0 amide bonds. The fraction of sp³-hybridized carbons (Fsp3) is 0.320. The minimum Gasteiger partial charge on any atom is -0.316 e. The van der Waals surface area contributed by atoms with E-state index in [4.69, 9.17) is 21.6 Å². The highest BCUT2D eigenvalue weighted by molar-refractivity contribution is 6.33. The van der Waals surface area contributed by atoms with Gasteiger partial charge in [0, 0.05) is 18.5 Å². The van der Waals surface area contributed by atoms with Crippen LogP contribution >= 0.6 is 11.6 Å². The molecule has 0 radical (unpaired) electrons. The number of benzene rings is 2. The monoisotopic (exact) mass is 449 g/mol. The molecule has 1 aliphatic rings. The van der Waals surface area contributed by atoms with E-state index in [1.165, 1.54) is 18.9 Å². The van der Waals surface area contributed by atoms with Crippen molar-refractivity contribution in [2.45, 2.75) is 32.2 Å². The normalized spacial score (nSPS) is 16.5. The number of imidazole rings is 1. The number of nitrogens with one attached hydrogen (secondary N) is 1. The second-order valence-corrected chi connectivity index (χ2v) is 8.73. The smallest absolute Gasteiger partial charge is 0.164 e. The van der Waals surface area contributed by atoms with Gasteiger partial charge in [-0.05, 0) is 62.0 Å². The highest BCUT2D eigenvalue weighted by atomic mass is 35.5. The summed E-state index contributed by atoms with van der Waals surface area (Å²) in [5.41, 5.74) is 3.13. The van der Waals surface area contributed by atoms with Gasteiger partial charge in [-0.25, -0.2) is 19.3 Å². The Morgan fingerprint density at radius 1 is 1.06 bits per heavy atom. The van der Waals surface area contributed by atoms with Gasteiger partial charge >= 0.3 is 0 Å². The Hall–Kier alpha value is -2.83. The molecule has 0 saturated carbocycles. The Bertz CT molecular complexity index is 1230. The summed E-state index contributed by atoms with van der Waals surface area (Å²) in [4.78, 5) is 14.2. The first-order valence-electron chi connectivity index (χ1n) is 11.1. The first-order valence-corrected chi connectivity index (χ1v) is 11.5. The summed E-state index contributed by atoms with van der Waals surface area (Å²) < 4.78 is 16.2. The summed E-state index contributed by atoms with van der Waals surface area (Å²) in [5.74, 6) is 1.81. The van der Waals surface area contributed by atoms with E-state index >= 15 is 0 Å². The summed E-state index contributed by atoms with van der Waals surface area (Å²) in [6, 6.07) is 14.6. The van der Waals surface area contributed by atoms with E-state index in [-0.39, 0.29) is 5.82 Å². The molecule has 1 N–H and O–H groups in total. The number of fused-ring (bicyclic) bond motifs is 1. The van der Waals surface area contributed by atoms with Crippen LogP contribution in [0.25, 0.3) is 22.6 Å². The van der Waals surface area contributed by atoms with E-state index in [2.05, 4.69) is 14.9 Å². The first-order chi connectivity index (χ1) is 15.7. The van der Waals surface area contributed by atoms with E-state index in [1.54, 1.807) is 12.3 Å². The largest absolute Gasteiger partial charge is 0.316 e. The molecular formula is C25H25ClFN5. The van der Waals surface area contributed by atoms with Crippen molar-refractivity contribution in [1.29, 1.82) is 0 Å². The van der Waals surface area contributed by atoms with Gasteiger partial charge in [0.1, 0.15) is 23.0 Å². The van der Waals surface area contributed by atoms with Crippen LogP contribution in [-0.2, 0) is 19.4 Å². The third kappa shape index (κ3) is 4.38. The lowest BCUT2D eigenvalue weighted by molar-refractivity contribution is 0.341. The number of aromatic nitrogens is 4. The minimum atomic E-state index is -0.190. The Kier molecular flexibility index (Phi) is 6.14. The van der Waals surface area contributed by atoms with E-state index < -0.39 is 0 Å². The van der Waals surface area contributed by atoms with Gasteiger partial charge in [-0.1, -0.05) is 41.9 Å². The van der Waals surface area contributed by atoms with E-state index in [0.717, 1.165) is 42.2 Å². The molecule has 3 heterocycles. The third-order valence-corrected chi connectivity index (χ3v) is 6.40. The van der Waals surface area contributed by atoms with Gasteiger partial charge in [-0.3, -0.25) is 0 Å². The molecule has 32 heavy (non-hydrogen) atoms. The molecule has 0 aliphatic carbocycles. The predicted molar refractivity (Wildman–Crippen MR) is 125 cm³/mol. The number of nitrogens with zero attached hydrogens (tertiary/aromatic N) is 4. The fourth-order valence-electron chi connectivity index (χ4n) is 4.38. The van der Waals surface area contributed by atoms with Crippen LogP contribution in [-0.4, -0.2) is 32.6 Å². The number of hydrogen-bond acceptors (Lipinski definition) is 4. The standard InChI is InChI=1S/C25H25ClFN5/c26-20-9-3-2-8-19(20)24-30-22-15-29-23(12-11-18-7-1-4-10-21(18)27)31-25(22)32(24)16-17-6-5-13-28-14-17/h1-4,7-10,15,17,28H,5-6,11-14,16H2. The van der Waals surface area contributed by atoms with Crippen LogP contribution in [0.1, 0.15) is 24.2 Å². The summed E-state index contributed by atoms with van der Waals surface area (Å²) in [7, 11) is 0. The van der Waals surface area contributed by atoms with Crippen LogP contribution < -0.4 is 5.32 Å². The predicted octanol–water partition coefficient (Wildman–Crippen LogP) is 5.07. The SMILES string of the molecule is Fc1ccccc1CCc1ncc2nc(-c3ccccc3Cl)n(CC3CCCNC3)c2n1. The van der Waals surface area contributed by atoms with Gasteiger partial charge in [0.15, 0.2) is 5.65 Å². The van der Waals surface area contributed by atoms with Gasteiger partial charge in [0.2, 0.25) is 0 Å². The van der Waals surface area contributed by atoms with Crippen LogP contribution in [0.2, 0.25) is 5.02 Å². The van der Waals surface area contributed by atoms with E-state index in [0.29, 0.717) is 35.2 Å². The van der Waals surface area contributed by atoms with Gasteiger partial charge in [-0.2, -0.15) is 0 Å². The molecule has 2 aromatic heterocycles. The maximum atomic E-state index is 14.0. The number of rotatable bonds is 6. The lowest BCUT2D eigenvalue weighted by Gasteiger charge is -2.24. The van der Waals surface area contributed by atoms with E-state index in [1.807, 2.05) is 36.4 Å². The van der Waals surface area contributed by atoms with Crippen molar-refractivity contribution in [2.24, 2.45) is 5.92 Å². The van der Waals surface area contributed by atoms with Crippen molar-refractivity contribution in [3.05, 3.63) is 77.0 Å². The maximum absolute atomic E-state index is 14.0. The van der Waals surface area contributed by atoms with Crippen molar-refractivity contribution in [3.63, 3.8) is 0 Å². The van der Waals surface area contributed by atoms with Crippen LogP contribution in [0.4, 0.5) is 4.39 Å². The molecule has 1 fully saturated rings. The van der Waals surface area contributed by atoms with Gasteiger partial charge in [0.05, 0.1) is 11.2 Å². The zero-order valence-corrected chi connectivity index (χ0v) is 18.5. The van der Waals surface area contributed by atoms with Gasteiger partial charge in [-0.15, -0.1) is 0 Å². The second kappa shape index (κ2) is 9.35. The van der Waals surface area contributed by atoms with Gasteiger partial charge < -0.3 is 9.88 Å². The molecule has 0 bridgehead atoms. The molecule has 5 nitrogen and oxygen atoms in total. The summed E-state index contributed by atoms with van der Waals surface area (Å²) in [6.45, 7) is 2.86. The number of aryl methyl sites for hydroxylation is 2. The average molecular weight is 450 g/mol. The molecular weight excluding hydrogens is 425 g/mol. The lowest BCUT2D eigenvalue weighted by Crippen LogP contribution is -2.32. The Balaban J connectivity index is 1.52. The fourth-order valence-corrected chi connectivity index (χ4v) is 4.60. The molecule has 1 aliphatic heterocycles. The highest BCUT2D eigenvalue weighted by Gasteiger charge is 2.21. The summed E-state index contributed by atoms with van der Waals surface area (Å²) in [5, 5.41) is 4.16. The van der Waals surface area contributed by atoms with Crippen molar-refractivity contribution in [3.8, 4) is 11.4 Å². The third-order valence-electron chi connectivity index (χ3n) is 6.07. The molecule has 7 heteroatoms. The molecule has 1 saturated heterocycles. The molecule has 1 atom stereocenters. The lowest BCUT2D eigenvalue weighted by atomic mass is 9.99. The second-order valence-electron chi connectivity index (χ2n) is 8.32. The summed E-state index contributed by atoms with van der Waals surface area (Å²) >= 11 is 6.53. The molecule has 1 unspecified atom stereocenters. The Morgan fingerprint density at radius 2 is 1.91 bits per heavy atom. The van der Waals surface area contributed by atoms with Crippen LogP contribution in [0.15, 0.2) is 54.7 Å². The average Bonchev–Trinajstić information content (AvgIpc) is 3.17. The Morgan fingerprint density at radius 3 is 2.72 bits per heavy atom. The van der Waals surface area contributed by atoms with Crippen LogP contribution in [0, 0.1) is 11.7 Å². The molecule has 5 rings (SSSR count). The van der Waals surface area contributed by atoms with Crippen molar-refractivity contribution < 1.29 is 4.39 Å². The zero-order chi connectivity index (χ0) is 21.9. The molecule has 164 valence electrons. The van der Waals surface area contributed by atoms with Crippen molar-refractivity contribution in [2.75, 3.05) is 13.1 Å². The number of piperidine rings is 1.